The van der Waals surface area contributed by atoms with Gasteiger partial charge in [0.15, 0.2) is 0 Å². The molecule has 25 heavy (non-hydrogen) atoms. The summed E-state index contributed by atoms with van der Waals surface area (Å²) in [6.45, 7) is 5.97. The van der Waals surface area contributed by atoms with Gasteiger partial charge in [0.05, 0.1) is 18.5 Å². The molecule has 6 heteroatoms. The lowest BCUT2D eigenvalue weighted by Crippen LogP contribution is -2.38. The molecule has 0 spiro atoms. The second kappa shape index (κ2) is 9.06. The lowest BCUT2D eigenvalue weighted by atomic mass is 9.97. The fraction of sp³-hybridized carbons (Fsp3) is 0.474. The van der Waals surface area contributed by atoms with Gasteiger partial charge in [-0.15, -0.1) is 11.8 Å². The predicted octanol–water partition coefficient (Wildman–Crippen LogP) is 3.80. The number of aromatic nitrogens is 2. The molecule has 0 bridgehead atoms. The third-order valence-corrected chi connectivity index (χ3v) is 5.31. The van der Waals surface area contributed by atoms with Crippen LogP contribution in [0.2, 0.25) is 0 Å². The second-order valence-corrected chi connectivity index (χ2v) is 7.43. The van der Waals surface area contributed by atoms with Crippen LogP contribution in [0.1, 0.15) is 31.2 Å². The average molecular weight is 359 g/mol. The zero-order valence-electron chi connectivity index (χ0n) is 14.9. The molecule has 5 nitrogen and oxygen atoms in total. The van der Waals surface area contributed by atoms with Gasteiger partial charge in [0.1, 0.15) is 5.76 Å². The highest BCUT2D eigenvalue weighted by Crippen LogP contribution is 2.21. The number of hydrogen-bond acceptors (Lipinski definition) is 6. The van der Waals surface area contributed by atoms with E-state index in [-0.39, 0.29) is 0 Å². The van der Waals surface area contributed by atoms with Crippen molar-refractivity contribution in [2.75, 3.05) is 30.8 Å². The average Bonchev–Trinajstić information content (AvgIpc) is 3.16. The van der Waals surface area contributed by atoms with Crippen LogP contribution < -0.4 is 10.2 Å². The third-order valence-electron chi connectivity index (χ3n) is 4.55. The summed E-state index contributed by atoms with van der Waals surface area (Å²) in [7, 11) is 0. The first-order chi connectivity index (χ1) is 12.2. The Hall–Kier alpha value is -1.79. The zero-order chi connectivity index (χ0) is 17.5. The van der Waals surface area contributed by atoms with Crippen LogP contribution >= 0.6 is 11.8 Å². The van der Waals surface area contributed by atoms with E-state index in [9.17, 15) is 0 Å². The first-order valence-corrected chi connectivity index (χ1v) is 10.0. The van der Waals surface area contributed by atoms with Gasteiger partial charge >= 0.3 is 0 Å². The van der Waals surface area contributed by atoms with Crippen molar-refractivity contribution in [1.82, 2.24) is 15.3 Å². The molecule has 3 heterocycles. The van der Waals surface area contributed by atoms with Crippen LogP contribution in [0.3, 0.4) is 0 Å². The Balaban J connectivity index is 1.48. The molecule has 0 aliphatic carbocycles. The molecule has 1 fully saturated rings. The highest BCUT2D eigenvalue weighted by Gasteiger charge is 2.20. The molecule has 1 aliphatic heterocycles. The number of allylic oxidation sites excluding steroid dienone is 1. The van der Waals surface area contributed by atoms with Gasteiger partial charge in [-0.05, 0) is 67.7 Å². The Kier molecular flexibility index (Phi) is 6.53. The molecule has 0 atom stereocenters. The fourth-order valence-corrected chi connectivity index (χ4v) is 3.25. The van der Waals surface area contributed by atoms with E-state index in [1.54, 1.807) is 18.0 Å². The van der Waals surface area contributed by atoms with E-state index in [1.807, 2.05) is 24.4 Å². The second-order valence-electron chi connectivity index (χ2n) is 6.38. The van der Waals surface area contributed by atoms with E-state index in [0.29, 0.717) is 5.92 Å². The summed E-state index contributed by atoms with van der Waals surface area (Å²) in [5.41, 5.74) is 0.985. The number of nitrogens with zero attached hydrogens (tertiary/aromatic N) is 3. The van der Waals surface area contributed by atoms with Crippen molar-refractivity contribution in [3.8, 4) is 0 Å². The lowest BCUT2D eigenvalue weighted by molar-refractivity contribution is 0.370. The number of thioether (sulfide) groups is 1. The van der Waals surface area contributed by atoms with E-state index in [0.717, 1.165) is 43.6 Å². The molecule has 0 unspecified atom stereocenters. The molecular weight excluding hydrogens is 332 g/mol. The van der Waals surface area contributed by atoms with Crippen LogP contribution in [-0.2, 0) is 6.54 Å². The van der Waals surface area contributed by atoms with Crippen LogP contribution in [0.5, 0.6) is 0 Å². The van der Waals surface area contributed by atoms with E-state index < -0.39 is 0 Å². The number of hydrogen-bond donors (Lipinski definition) is 1. The van der Waals surface area contributed by atoms with Crippen LogP contribution in [0.15, 0.2) is 40.0 Å². The van der Waals surface area contributed by atoms with Crippen LogP contribution in [0, 0.1) is 5.92 Å². The van der Waals surface area contributed by atoms with Gasteiger partial charge in [0, 0.05) is 19.3 Å². The van der Waals surface area contributed by atoms with Gasteiger partial charge in [-0.25, -0.2) is 9.97 Å². The van der Waals surface area contributed by atoms with Gasteiger partial charge in [-0.1, -0.05) is 0 Å². The van der Waals surface area contributed by atoms with Crippen LogP contribution in [0.4, 0.5) is 5.95 Å². The molecule has 1 aliphatic rings. The van der Waals surface area contributed by atoms with Crippen molar-refractivity contribution in [3.63, 3.8) is 0 Å². The van der Waals surface area contributed by atoms with Gasteiger partial charge in [-0.3, -0.25) is 0 Å². The maximum atomic E-state index is 5.35. The van der Waals surface area contributed by atoms with Crippen molar-refractivity contribution >= 4 is 23.8 Å². The van der Waals surface area contributed by atoms with E-state index in [1.165, 1.54) is 17.7 Å². The third kappa shape index (κ3) is 5.34. The number of nitrogens with one attached hydrogen (secondary N) is 1. The minimum absolute atomic E-state index is 0.702. The minimum Gasteiger partial charge on any atom is -0.468 e. The van der Waals surface area contributed by atoms with Crippen molar-refractivity contribution in [1.29, 1.82) is 0 Å². The molecule has 134 valence electrons. The molecule has 0 aromatic carbocycles. The Morgan fingerprint density at radius 2 is 2.24 bits per heavy atom. The normalized spacial score (nSPS) is 16.4. The Morgan fingerprint density at radius 1 is 1.40 bits per heavy atom. The maximum Gasteiger partial charge on any atom is 0.225 e. The van der Waals surface area contributed by atoms with Crippen LogP contribution in [0.25, 0.3) is 6.08 Å². The summed E-state index contributed by atoms with van der Waals surface area (Å²) in [6.07, 6.45) is 10.1. The highest BCUT2D eigenvalue weighted by atomic mass is 32.2. The summed E-state index contributed by atoms with van der Waals surface area (Å²) < 4.78 is 5.35. The summed E-state index contributed by atoms with van der Waals surface area (Å²) >= 11 is 1.74. The summed E-state index contributed by atoms with van der Waals surface area (Å²) in [4.78, 5) is 12.7. The fourth-order valence-electron chi connectivity index (χ4n) is 3.01. The van der Waals surface area contributed by atoms with Crippen LogP contribution in [-0.4, -0.2) is 35.9 Å². The molecular formula is C19H26N4OS. The van der Waals surface area contributed by atoms with Crippen molar-refractivity contribution in [2.24, 2.45) is 5.92 Å². The molecule has 0 saturated carbocycles. The summed E-state index contributed by atoms with van der Waals surface area (Å²) in [5.74, 6) is 2.55. The van der Waals surface area contributed by atoms with Gasteiger partial charge in [-0.2, -0.15) is 0 Å². The molecule has 1 saturated heterocycles. The summed E-state index contributed by atoms with van der Waals surface area (Å²) in [6, 6.07) is 5.90. The molecule has 3 rings (SSSR count). The lowest BCUT2D eigenvalue weighted by Gasteiger charge is -2.32. The standard InChI is InChI=1S/C19H26N4OS/c1-15(25-2)12-17-5-8-21-19(22-17)23-9-6-16(7-10-23)13-20-14-18-4-3-11-24-18/h3-5,8,11-12,16,20H,6-7,9-10,13-14H2,1-2H3/b15-12-. The number of rotatable bonds is 7. The Labute approximate surface area is 153 Å². The quantitative estimate of drug-likeness (QED) is 0.812. The topological polar surface area (TPSA) is 54.2 Å². The Bertz CT molecular complexity index is 678. The molecule has 1 N–H and O–H groups in total. The summed E-state index contributed by atoms with van der Waals surface area (Å²) in [5, 5.41) is 3.50. The van der Waals surface area contributed by atoms with Crippen molar-refractivity contribution in [2.45, 2.75) is 26.3 Å². The molecule has 0 radical (unpaired) electrons. The van der Waals surface area contributed by atoms with Gasteiger partial charge in [0.2, 0.25) is 5.95 Å². The SMILES string of the molecule is CS/C(C)=C\c1ccnc(N2CCC(CNCc3ccco3)CC2)n1. The first kappa shape index (κ1) is 18.0. The predicted molar refractivity (Wildman–Crippen MR) is 105 cm³/mol. The minimum atomic E-state index is 0.702. The van der Waals surface area contributed by atoms with E-state index in [2.05, 4.69) is 34.5 Å². The smallest absolute Gasteiger partial charge is 0.225 e. The van der Waals surface area contributed by atoms with Gasteiger partial charge < -0.3 is 14.6 Å². The van der Waals surface area contributed by atoms with Gasteiger partial charge in [0.25, 0.3) is 0 Å². The van der Waals surface area contributed by atoms with E-state index >= 15 is 0 Å². The molecule has 2 aromatic rings. The first-order valence-electron chi connectivity index (χ1n) is 8.78. The Morgan fingerprint density at radius 3 is 2.96 bits per heavy atom. The van der Waals surface area contributed by atoms with Crippen molar-refractivity contribution in [3.05, 3.63) is 47.0 Å². The maximum absolute atomic E-state index is 5.35. The number of furan rings is 1. The monoisotopic (exact) mass is 358 g/mol. The highest BCUT2D eigenvalue weighted by molar-refractivity contribution is 8.02. The number of piperidine rings is 1. The largest absolute Gasteiger partial charge is 0.468 e. The zero-order valence-corrected chi connectivity index (χ0v) is 15.8. The number of anilines is 1. The van der Waals surface area contributed by atoms with E-state index in [4.69, 9.17) is 9.40 Å². The molecule has 0 amide bonds. The van der Waals surface area contributed by atoms with Crippen molar-refractivity contribution < 1.29 is 4.42 Å². The molecule has 2 aromatic heterocycles.